The van der Waals surface area contributed by atoms with Crippen molar-refractivity contribution < 1.29 is 28.7 Å². The summed E-state index contributed by atoms with van der Waals surface area (Å²) in [5.74, 6) is -2.30. The van der Waals surface area contributed by atoms with Gasteiger partial charge in [-0.15, -0.1) is 0 Å². The second-order valence-corrected chi connectivity index (χ2v) is 8.08. The highest BCUT2D eigenvalue weighted by Crippen LogP contribution is 2.44. The van der Waals surface area contributed by atoms with Crippen LogP contribution in [0.4, 0.5) is 10.1 Å². The Labute approximate surface area is 194 Å². The van der Waals surface area contributed by atoms with E-state index in [0.29, 0.717) is 17.8 Å². The van der Waals surface area contributed by atoms with E-state index in [1.165, 1.54) is 20.4 Å². The summed E-state index contributed by atoms with van der Waals surface area (Å²) in [5.41, 5.74) is 5.88. The number of carboxylic acids is 1. The SMILES string of the molecule is CCO/N=C1\CN(c2c(F)cc3c(=O)c(C(=O)O)cn(C4CC4)c3c2OC)CC1/C(N)=N\OC. The Hall–Kier alpha value is -3.83. The van der Waals surface area contributed by atoms with E-state index in [1.54, 1.807) is 16.4 Å². The molecular formula is C22H26FN5O6. The quantitative estimate of drug-likeness (QED) is 0.335. The number of aromatic nitrogens is 1. The lowest BCUT2D eigenvalue weighted by atomic mass is 10.1. The molecule has 1 aliphatic heterocycles. The minimum Gasteiger partial charge on any atom is -0.492 e. The lowest BCUT2D eigenvalue weighted by Gasteiger charge is -2.24. The molecule has 1 atom stereocenters. The molecule has 11 nitrogen and oxygen atoms in total. The lowest BCUT2D eigenvalue weighted by Crippen LogP contribution is -2.31. The van der Waals surface area contributed by atoms with Crippen LogP contribution in [0.2, 0.25) is 0 Å². The fourth-order valence-corrected chi connectivity index (χ4v) is 4.26. The van der Waals surface area contributed by atoms with Gasteiger partial charge in [0.25, 0.3) is 0 Å². The van der Waals surface area contributed by atoms with Crippen LogP contribution in [0.15, 0.2) is 27.4 Å². The summed E-state index contributed by atoms with van der Waals surface area (Å²) in [7, 11) is 2.75. The predicted octanol–water partition coefficient (Wildman–Crippen LogP) is 1.93. The Balaban J connectivity index is 1.91. The van der Waals surface area contributed by atoms with Crippen molar-refractivity contribution in [2.45, 2.75) is 25.8 Å². The van der Waals surface area contributed by atoms with E-state index < -0.39 is 28.7 Å². The average Bonchev–Trinajstić information content (AvgIpc) is 3.56. The zero-order valence-electron chi connectivity index (χ0n) is 19.1. The molecule has 1 unspecified atom stereocenters. The number of rotatable bonds is 8. The Morgan fingerprint density at radius 1 is 1.35 bits per heavy atom. The third kappa shape index (κ3) is 3.99. The summed E-state index contributed by atoms with van der Waals surface area (Å²) in [5, 5.41) is 17.4. The number of nitrogens with two attached hydrogens (primary N) is 1. The smallest absolute Gasteiger partial charge is 0.341 e. The number of methoxy groups -OCH3 is 1. The van der Waals surface area contributed by atoms with Crippen molar-refractivity contribution in [3.05, 3.63) is 33.9 Å². The molecule has 0 radical (unpaired) electrons. The van der Waals surface area contributed by atoms with E-state index in [-0.39, 0.29) is 41.8 Å². The molecule has 2 aromatic rings. The predicted molar refractivity (Wildman–Crippen MR) is 123 cm³/mol. The maximum atomic E-state index is 15.6. The molecule has 2 aliphatic rings. The number of carboxylic acid groups (broad SMARTS) is 1. The molecule has 4 rings (SSSR count). The van der Waals surface area contributed by atoms with E-state index in [4.69, 9.17) is 20.1 Å². The molecule has 34 heavy (non-hydrogen) atoms. The number of ether oxygens (including phenoxy) is 1. The van der Waals surface area contributed by atoms with Crippen LogP contribution in [0.25, 0.3) is 10.9 Å². The number of benzene rings is 1. The van der Waals surface area contributed by atoms with Crippen LogP contribution in [-0.4, -0.2) is 61.1 Å². The Bertz CT molecular complexity index is 1250. The van der Waals surface area contributed by atoms with Crippen molar-refractivity contribution in [3.8, 4) is 5.75 Å². The molecule has 1 aromatic carbocycles. The number of pyridine rings is 1. The number of aromatic carboxylic acids is 1. The summed E-state index contributed by atoms with van der Waals surface area (Å²) in [6.45, 7) is 2.51. The van der Waals surface area contributed by atoms with Gasteiger partial charge in [0, 0.05) is 18.8 Å². The number of fused-ring (bicyclic) bond motifs is 1. The summed E-state index contributed by atoms with van der Waals surface area (Å²) in [4.78, 5) is 36.2. The molecule has 0 bridgehead atoms. The number of oxime groups is 2. The van der Waals surface area contributed by atoms with Crippen LogP contribution in [0.3, 0.4) is 0 Å². The van der Waals surface area contributed by atoms with Gasteiger partial charge in [-0.2, -0.15) is 0 Å². The van der Waals surface area contributed by atoms with Gasteiger partial charge in [0.15, 0.2) is 11.6 Å². The normalized spacial score (nSPS) is 19.6. The molecule has 2 heterocycles. The maximum absolute atomic E-state index is 15.6. The molecule has 0 spiro atoms. The van der Waals surface area contributed by atoms with Gasteiger partial charge >= 0.3 is 5.97 Å². The van der Waals surface area contributed by atoms with Gasteiger partial charge in [0.1, 0.15) is 30.8 Å². The average molecular weight is 475 g/mol. The number of carbonyl (C=O) groups is 1. The molecule has 3 N–H and O–H groups in total. The van der Waals surface area contributed by atoms with Crippen molar-refractivity contribution >= 4 is 34.1 Å². The first-order valence-electron chi connectivity index (χ1n) is 10.8. The van der Waals surface area contributed by atoms with E-state index in [2.05, 4.69) is 10.3 Å². The zero-order valence-corrected chi connectivity index (χ0v) is 19.1. The van der Waals surface area contributed by atoms with Gasteiger partial charge in [-0.25, -0.2) is 9.18 Å². The highest BCUT2D eigenvalue weighted by Gasteiger charge is 2.37. The fourth-order valence-electron chi connectivity index (χ4n) is 4.26. The maximum Gasteiger partial charge on any atom is 0.341 e. The third-order valence-electron chi connectivity index (χ3n) is 5.91. The first-order valence-corrected chi connectivity index (χ1v) is 10.8. The summed E-state index contributed by atoms with van der Waals surface area (Å²) >= 11 is 0. The molecule has 1 aliphatic carbocycles. The third-order valence-corrected chi connectivity index (χ3v) is 5.91. The number of hydrogen-bond donors (Lipinski definition) is 2. The molecule has 182 valence electrons. The number of halogens is 1. The molecule has 0 amide bonds. The molecule has 12 heteroatoms. The molecule has 2 fully saturated rings. The Morgan fingerprint density at radius 2 is 2.09 bits per heavy atom. The lowest BCUT2D eigenvalue weighted by molar-refractivity contribution is 0.0694. The van der Waals surface area contributed by atoms with Crippen LogP contribution < -0.4 is 20.8 Å². The van der Waals surface area contributed by atoms with Gasteiger partial charge in [-0.1, -0.05) is 10.3 Å². The van der Waals surface area contributed by atoms with Gasteiger partial charge in [0.2, 0.25) is 5.43 Å². The van der Waals surface area contributed by atoms with Crippen LogP contribution in [0, 0.1) is 11.7 Å². The molecule has 1 saturated heterocycles. The van der Waals surface area contributed by atoms with E-state index >= 15 is 4.39 Å². The monoisotopic (exact) mass is 475 g/mol. The number of hydrogen-bond acceptors (Lipinski definition) is 8. The second-order valence-electron chi connectivity index (χ2n) is 8.08. The number of anilines is 1. The van der Waals surface area contributed by atoms with Gasteiger partial charge in [-0.05, 0) is 25.8 Å². The minimum absolute atomic E-state index is 0.000652. The topological polar surface area (TPSA) is 141 Å². The Kier molecular flexibility index (Phi) is 6.31. The summed E-state index contributed by atoms with van der Waals surface area (Å²) in [6, 6.07) is 1.07. The van der Waals surface area contributed by atoms with Gasteiger partial charge in [-0.3, -0.25) is 4.79 Å². The summed E-state index contributed by atoms with van der Waals surface area (Å²) < 4.78 is 22.9. The van der Waals surface area contributed by atoms with Crippen molar-refractivity contribution in [2.24, 2.45) is 22.0 Å². The first-order chi connectivity index (χ1) is 16.3. The molecular weight excluding hydrogens is 449 g/mol. The van der Waals surface area contributed by atoms with Crippen molar-refractivity contribution in [3.63, 3.8) is 0 Å². The molecule has 1 aromatic heterocycles. The van der Waals surface area contributed by atoms with Crippen molar-refractivity contribution in [2.75, 3.05) is 38.8 Å². The zero-order chi connectivity index (χ0) is 24.6. The van der Waals surface area contributed by atoms with Gasteiger partial charge < -0.3 is 34.7 Å². The largest absolute Gasteiger partial charge is 0.492 e. The van der Waals surface area contributed by atoms with E-state index in [9.17, 15) is 14.7 Å². The minimum atomic E-state index is -1.36. The van der Waals surface area contributed by atoms with E-state index in [0.717, 1.165) is 18.9 Å². The van der Waals surface area contributed by atoms with E-state index in [1.807, 2.05) is 0 Å². The summed E-state index contributed by atoms with van der Waals surface area (Å²) in [6.07, 6.45) is 2.94. The highest BCUT2D eigenvalue weighted by atomic mass is 19.1. The van der Waals surface area contributed by atoms with Crippen LogP contribution >= 0.6 is 0 Å². The van der Waals surface area contributed by atoms with Crippen LogP contribution in [0.5, 0.6) is 5.75 Å². The van der Waals surface area contributed by atoms with Gasteiger partial charge in [0.05, 0.1) is 36.2 Å². The Morgan fingerprint density at radius 3 is 2.68 bits per heavy atom. The second kappa shape index (κ2) is 9.20. The first kappa shape index (κ1) is 23.3. The van der Waals surface area contributed by atoms with Crippen LogP contribution in [-0.2, 0) is 9.68 Å². The number of nitrogens with zero attached hydrogens (tertiary/aromatic N) is 4. The standard InChI is InChI=1S/C22H26FN5O6/c1-4-34-25-16-10-27(8-13(16)21(24)26-33-3)18-15(23)7-12-17(20(18)32-2)28(11-5-6-11)9-14(19(12)29)22(30)31/h7,9,11,13H,4-6,8,10H2,1-3H3,(H2,24,26)(H,30,31)/b25-16+. The van der Waals surface area contributed by atoms with Crippen molar-refractivity contribution in [1.29, 1.82) is 0 Å². The highest BCUT2D eigenvalue weighted by molar-refractivity contribution is 6.10. The fraction of sp³-hybridized carbons (Fsp3) is 0.455. The van der Waals surface area contributed by atoms with Crippen LogP contribution in [0.1, 0.15) is 36.2 Å². The number of amidine groups is 1. The van der Waals surface area contributed by atoms with Crippen molar-refractivity contribution in [1.82, 2.24) is 4.57 Å². The molecule has 1 saturated carbocycles.